The van der Waals surface area contributed by atoms with E-state index >= 15 is 0 Å². The molecule has 3 rings (SSSR count). The highest BCUT2D eigenvalue weighted by Crippen LogP contribution is 2.17. The van der Waals surface area contributed by atoms with Crippen LogP contribution in [-0.2, 0) is 17.2 Å². The molecule has 5 nitrogen and oxygen atoms in total. The summed E-state index contributed by atoms with van der Waals surface area (Å²) in [5.41, 5.74) is 2.45. The Hall–Kier alpha value is -2.60. The van der Waals surface area contributed by atoms with E-state index < -0.39 is 10.8 Å². The van der Waals surface area contributed by atoms with Gasteiger partial charge in [-0.15, -0.1) is 0 Å². The van der Waals surface area contributed by atoms with Gasteiger partial charge in [0.2, 0.25) is 0 Å². The molecule has 142 valence electrons. The summed E-state index contributed by atoms with van der Waals surface area (Å²) in [6.45, 7) is 4.14. The Labute approximate surface area is 162 Å². The minimum Gasteiger partial charge on any atom is -0.361 e. The first-order chi connectivity index (χ1) is 13.3. The van der Waals surface area contributed by atoms with Crippen LogP contribution in [0, 0.1) is 0 Å². The predicted octanol–water partition coefficient (Wildman–Crippen LogP) is 3.07. The molecule has 3 aromatic rings. The van der Waals surface area contributed by atoms with Crippen molar-refractivity contribution in [3.05, 3.63) is 66.4 Å². The van der Waals surface area contributed by atoms with Crippen molar-refractivity contribution >= 4 is 27.7 Å². The van der Waals surface area contributed by atoms with Gasteiger partial charge in [0.25, 0.3) is 0 Å². The maximum absolute atomic E-state index is 12.3. The van der Waals surface area contributed by atoms with E-state index in [0.29, 0.717) is 12.3 Å². The van der Waals surface area contributed by atoms with Gasteiger partial charge in [0.05, 0.1) is 17.3 Å². The minimum absolute atomic E-state index is 0.517. The van der Waals surface area contributed by atoms with Crippen LogP contribution in [0.3, 0.4) is 0 Å². The quantitative estimate of drug-likeness (QED) is 0.414. The number of hydrogen-bond donors (Lipinski definition) is 3. The highest BCUT2D eigenvalue weighted by atomic mass is 32.2. The largest absolute Gasteiger partial charge is 0.361 e. The zero-order valence-corrected chi connectivity index (χ0v) is 16.4. The van der Waals surface area contributed by atoms with Crippen LogP contribution in [0.15, 0.2) is 70.7 Å². The van der Waals surface area contributed by atoms with Crippen molar-refractivity contribution in [2.45, 2.75) is 18.2 Å². The van der Waals surface area contributed by atoms with Crippen LogP contribution in [-0.4, -0.2) is 40.5 Å². The third-order valence-electron chi connectivity index (χ3n) is 4.26. The zero-order valence-electron chi connectivity index (χ0n) is 15.6. The van der Waals surface area contributed by atoms with Crippen molar-refractivity contribution in [1.82, 2.24) is 15.6 Å². The van der Waals surface area contributed by atoms with E-state index in [4.69, 9.17) is 0 Å². The van der Waals surface area contributed by atoms with Crippen molar-refractivity contribution < 1.29 is 4.21 Å². The maximum Gasteiger partial charge on any atom is 0.191 e. The SMILES string of the molecule is CCNC(=NCCS(=O)c1ccccc1)NCCc1c[nH]c2ccccc12. The molecule has 27 heavy (non-hydrogen) atoms. The normalized spacial score (nSPS) is 12.9. The average Bonchev–Trinajstić information content (AvgIpc) is 3.12. The topological polar surface area (TPSA) is 69.3 Å². The number of nitrogens with zero attached hydrogens (tertiary/aromatic N) is 1. The maximum atomic E-state index is 12.3. The second kappa shape index (κ2) is 9.92. The number of guanidine groups is 1. The van der Waals surface area contributed by atoms with Crippen LogP contribution in [0.25, 0.3) is 10.9 Å². The van der Waals surface area contributed by atoms with E-state index in [2.05, 4.69) is 45.0 Å². The van der Waals surface area contributed by atoms with E-state index in [0.717, 1.165) is 35.9 Å². The lowest BCUT2D eigenvalue weighted by atomic mass is 10.1. The third kappa shape index (κ3) is 5.44. The molecule has 1 heterocycles. The zero-order chi connectivity index (χ0) is 18.9. The Morgan fingerprint density at radius 1 is 1.07 bits per heavy atom. The highest BCUT2D eigenvalue weighted by molar-refractivity contribution is 7.85. The lowest BCUT2D eigenvalue weighted by Crippen LogP contribution is -2.38. The number of H-pyrrole nitrogens is 1. The number of aliphatic imine (C=N–C) groups is 1. The van der Waals surface area contributed by atoms with Gasteiger partial charge in [-0.3, -0.25) is 9.20 Å². The first-order valence-corrected chi connectivity index (χ1v) is 10.6. The van der Waals surface area contributed by atoms with Crippen LogP contribution in [0.5, 0.6) is 0 Å². The second-order valence-corrected chi connectivity index (χ2v) is 7.73. The first-order valence-electron chi connectivity index (χ1n) is 9.28. The molecule has 1 atom stereocenters. The van der Waals surface area contributed by atoms with Crippen LogP contribution in [0.1, 0.15) is 12.5 Å². The molecule has 0 fully saturated rings. The molecule has 0 aliphatic rings. The summed E-state index contributed by atoms with van der Waals surface area (Å²) in [5, 5.41) is 7.87. The first kappa shape index (κ1) is 19.2. The number of aromatic nitrogens is 1. The smallest absolute Gasteiger partial charge is 0.191 e. The summed E-state index contributed by atoms with van der Waals surface area (Å²) in [5.74, 6) is 1.28. The predicted molar refractivity (Wildman–Crippen MR) is 114 cm³/mol. The Balaban J connectivity index is 1.51. The number of hydrogen-bond acceptors (Lipinski definition) is 2. The van der Waals surface area contributed by atoms with E-state index in [9.17, 15) is 4.21 Å². The molecular weight excluding hydrogens is 356 g/mol. The van der Waals surface area contributed by atoms with Gasteiger partial charge in [-0.1, -0.05) is 36.4 Å². The molecular formula is C21H26N4OS. The third-order valence-corrected chi connectivity index (χ3v) is 5.61. The minimum atomic E-state index is -1.02. The lowest BCUT2D eigenvalue weighted by Gasteiger charge is -2.11. The average molecular weight is 383 g/mol. The van der Waals surface area contributed by atoms with Crippen LogP contribution in [0.2, 0.25) is 0 Å². The molecule has 0 spiro atoms. The summed E-state index contributed by atoms with van der Waals surface area (Å²) in [6.07, 6.45) is 2.98. The molecule has 2 aromatic carbocycles. The molecule has 0 radical (unpaired) electrons. The Morgan fingerprint density at radius 3 is 2.67 bits per heavy atom. The van der Waals surface area contributed by atoms with Crippen LogP contribution >= 0.6 is 0 Å². The van der Waals surface area contributed by atoms with Gasteiger partial charge in [0, 0.05) is 40.8 Å². The van der Waals surface area contributed by atoms with Crippen molar-refractivity contribution in [3.8, 4) is 0 Å². The lowest BCUT2D eigenvalue weighted by molar-refractivity contribution is 0.682. The number of aromatic amines is 1. The number of nitrogens with one attached hydrogen (secondary N) is 3. The Kier molecular flexibility index (Phi) is 7.04. The molecule has 0 bridgehead atoms. The summed E-state index contributed by atoms with van der Waals surface area (Å²) in [7, 11) is -1.02. The molecule has 3 N–H and O–H groups in total. The van der Waals surface area contributed by atoms with Crippen molar-refractivity contribution in [2.24, 2.45) is 4.99 Å². The van der Waals surface area contributed by atoms with Gasteiger partial charge >= 0.3 is 0 Å². The summed E-state index contributed by atoms with van der Waals surface area (Å²) >= 11 is 0. The summed E-state index contributed by atoms with van der Waals surface area (Å²) in [6, 6.07) is 17.9. The molecule has 0 amide bonds. The van der Waals surface area contributed by atoms with Gasteiger partial charge in [0.15, 0.2) is 5.96 Å². The molecule has 1 unspecified atom stereocenters. The molecule has 0 aliphatic carbocycles. The summed E-state index contributed by atoms with van der Waals surface area (Å²) < 4.78 is 12.3. The fourth-order valence-corrected chi connectivity index (χ4v) is 3.88. The molecule has 0 saturated heterocycles. The van der Waals surface area contributed by atoms with Gasteiger partial charge in [0.1, 0.15) is 0 Å². The Bertz CT molecular complexity index is 905. The van der Waals surface area contributed by atoms with E-state index in [1.165, 1.54) is 10.9 Å². The standard InChI is InChI=1S/C21H26N4OS/c1-2-22-21(24-14-15-27(26)18-8-4-3-5-9-18)23-13-12-17-16-25-20-11-7-6-10-19(17)20/h3-11,16,25H,2,12-15H2,1H3,(H2,22,23,24). The number of para-hydroxylation sites is 1. The van der Waals surface area contributed by atoms with Gasteiger partial charge < -0.3 is 15.6 Å². The van der Waals surface area contributed by atoms with E-state index in [1.54, 1.807) is 0 Å². The fraction of sp³-hybridized carbons (Fsp3) is 0.286. The fourth-order valence-electron chi connectivity index (χ4n) is 2.93. The van der Waals surface area contributed by atoms with Crippen molar-refractivity contribution in [2.75, 3.05) is 25.4 Å². The Morgan fingerprint density at radius 2 is 1.85 bits per heavy atom. The molecule has 6 heteroatoms. The number of fused-ring (bicyclic) bond motifs is 1. The molecule has 0 aliphatic heterocycles. The number of rotatable bonds is 8. The van der Waals surface area contributed by atoms with Crippen LogP contribution < -0.4 is 10.6 Å². The second-order valence-electron chi connectivity index (χ2n) is 6.16. The monoisotopic (exact) mass is 382 g/mol. The highest BCUT2D eigenvalue weighted by Gasteiger charge is 2.05. The van der Waals surface area contributed by atoms with Crippen molar-refractivity contribution in [1.29, 1.82) is 0 Å². The number of benzene rings is 2. The van der Waals surface area contributed by atoms with E-state index in [-0.39, 0.29) is 0 Å². The van der Waals surface area contributed by atoms with Gasteiger partial charge in [-0.25, -0.2) is 0 Å². The molecule has 0 saturated carbocycles. The molecule has 1 aromatic heterocycles. The summed E-state index contributed by atoms with van der Waals surface area (Å²) in [4.78, 5) is 8.71. The van der Waals surface area contributed by atoms with Gasteiger partial charge in [-0.2, -0.15) is 0 Å². The van der Waals surface area contributed by atoms with Crippen molar-refractivity contribution in [3.63, 3.8) is 0 Å². The van der Waals surface area contributed by atoms with Crippen LogP contribution in [0.4, 0.5) is 0 Å². The van der Waals surface area contributed by atoms with Gasteiger partial charge in [-0.05, 0) is 37.1 Å². The van der Waals surface area contributed by atoms with E-state index in [1.807, 2.05) is 43.3 Å².